The predicted molar refractivity (Wildman–Crippen MR) is 117 cm³/mol. The molecule has 0 fully saturated rings. The van der Waals surface area contributed by atoms with Crippen molar-refractivity contribution in [2.45, 2.75) is 39.0 Å². The van der Waals surface area contributed by atoms with E-state index in [0.717, 1.165) is 42.1 Å². The number of para-hydroxylation sites is 1. The Balaban J connectivity index is 1.55. The third-order valence-electron chi connectivity index (χ3n) is 4.66. The highest BCUT2D eigenvalue weighted by Gasteiger charge is 2.08. The molecule has 1 heterocycles. The molecule has 0 bridgehead atoms. The van der Waals surface area contributed by atoms with Crippen LogP contribution < -0.4 is 10.7 Å². The van der Waals surface area contributed by atoms with E-state index in [0.29, 0.717) is 17.7 Å². The molecule has 29 heavy (non-hydrogen) atoms. The van der Waals surface area contributed by atoms with E-state index in [1.54, 1.807) is 30.5 Å². The number of hydrogen-bond acceptors (Lipinski definition) is 3. The smallest absolute Gasteiger partial charge is 0.271 e. The second kappa shape index (κ2) is 10.2. The summed E-state index contributed by atoms with van der Waals surface area (Å²) in [5.74, 6) is -0.365. The summed E-state index contributed by atoms with van der Waals surface area (Å²) >= 11 is 0. The summed E-state index contributed by atoms with van der Waals surface area (Å²) < 4.78 is 0. The highest BCUT2D eigenvalue weighted by molar-refractivity contribution is 6.00. The van der Waals surface area contributed by atoms with Crippen LogP contribution in [0, 0.1) is 0 Å². The lowest BCUT2D eigenvalue weighted by Crippen LogP contribution is -2.18. The van der Waals surface area contributed by atoms with Crippen molar-refractivity contribution >= 4 is 34.6 Å². The van der Waals surface area contributed by atoms with E-state index < -0.39 is 0 Å². The summed E-state index contributed by atoms with van der Waals surface area (Å²) in [5, 5.41) is 7.94. The molecule has 6 heteroatoms. The van der Waals surface area contributed by atoms with E-state index in [4.69, 9.17) is 0 Å². The number of anilines is 1. The maximum absolute atomic E-state index is 12.4. The van der Waals surface area contributed by atoms with Crippen molar-refractivity contribution in [2.24, 2.45) is 5.10 Å². The Labute approximate surface area is 170 Å². The first-order valence-corrected chi connectivity index (χ1v) is 9.97. The number of fused-ring (bicyclic) bond motifs is 1. The SMILES string of the molecule is CCCCCCC(=O)Nc1cccc(C(=O)N/N=C\c2c[nH]c3ccccc23)c1. The first-order valence-electron chi connectivity index (χ1n) is 9.97. The number of hydrogen-bond donors (Lipinski definition) is 3. The van der Waals surface area contributed by atoms with E-state index in [1.807, 2.05) is 30.5 Å². The molecule has 0 saturated heterocycles. The third-order valence-corrected chi connectivity index (χ3v) is 4.66. The van der Waals surface area contributed by atoms with Gasteiger partial charge in [-0.1, -0.05) is 50.5 Å². The maximum atomic E-state index is 12.4. The van der Waals surface area contributed by atoms with Crippen LogP contribution in [0.1, 0.15) is 54.9 Å². The summed E-state index contributed by atoms with van der Waals surface area (Å²) in [4.78, 5) is 27.6. The minimum Gasteiger partial charge on any atom is -0.361 e. The second-order valence-electron chi connectivity index (χ2n) is 6.93. The Kier molecular flexibility index (Phi) is 7.16. The number of unbranched alkanes of at least 4 members (excludes halogenated alkanes) is 3. The van der Waals surface area contributed by atoms with Gasteiger partial charge in [0, 0.05) is 40.3 Å². The normalized spacial score (nSPS) is 11.1. The maximum Gasteiger partial charge on any atom is 0.271 e. The van der Waals surface area contributed by atoms with E-state index >= 15 is 0 Å². The molecule has 0 radical (unpaired) electrons. The van der Waals surface area contributed by atoms with E-state index in [2.05, 4.69) is 27.8 Å². The zero-order valence-electron chi connectivity index (χ0n) is 16.6. The van der Waals surface area contributed by atoms with Gasteiger partial charge in [0.15, 0.2) is 0 Å². The molecule has 0 aliphatic heterocycles. The van der Waals surface area contributed by atoms with Crippen LogP contribution in [0.4, 0.5) is 5.69 Å². The number of carbonyl (C=O) groups is 2. The van der Waals surface area contributed by atoms with Crippen LogP contribution in [0.25, 0.3) is 10.9 Å². The molecule has 2 aromatic carbocycles. The van der Waals surface area contributed by atoms with Crippen LogP contribution in [0.15, 0.2) is 59.8 Å². The Bertz CT molecular complexity index is 1010. The van der Waals surface area contributed by atoms with Crippen molar-refractivity contribution in [2.75, 3.05) is 5.32 Å². The number of nitrogens with zero attached hydrogens (tertiary/aromatic N) is 1. The lowest BCUT2D eigenvalue weighted by Gasteiger charge is -2.07. The zero-order valence-corrected chi connectivity index (χ0v) is 16.6. The highest BCUT2D eigenvalue weighted by Crippen LogP contribution is 2.16. The quantitative estimate of drug-likeness (QED) is 0.277. The fraction of sp³-hybridized carbons (Fsp3) is 0.261. The Morgan fingerprint density at radius 1 is 1.07 bits per heavy atom. The number of rotatable bonds is 9. The molecule has 0 atom stereocenters. The number of aromatic amines is 1. The van der Waals surface area contributed by atoms with Gasteiger partial charge in [0.1, 0.15) is 0 Å². The van der Waals surface area contributed by atoms with Crippen LogP contribution in [-0.4, -0.2) is 23.0 Å². The van der Waals surface area contributed by atoms with Gasteiger partial charge in [-0.25, -0.2) is 5.43 Å². The zero-order chi connectivity index (χ0) is 20.5. The van der Waals surface area contributed by atoms with Crippen LogP contribution in [0.3, 0.4) is 0 Å². The number of aromatic nitrogens is 1. The largest absolute Gasteiger partial charge is 0.361 e. The van der Waals surface area contributed by atoms with Crippen LogP contribution in [0.5, 0.6) is 0 Å². The lowest BCUT2D eigenvalue weighted by molar-refractivity contribution is -0.116. The molecule has 0 saturated carbocycles. The summed E-state index contributed by atoms with van der Waals surface area (Å²) in [6.07, 6.45) is 8.16. The number of carbonyl (C=O) groups excluding carboxylic acids is 2. The van der Waals surface area contributed by atoms with Gasteiger partial charge in [0.2, 0.25) is 5.91 Å². The fourth-order valence-corrected chi connectivity index (χ4v) is 3.10. The van der Waals surface area contributed by atoms with Crippen molar-refractivity contribution in [3.05, 3.63) is 65.9 Å². The van der Waals surface area contributed by atoms with Crippen LogP contribution in [-0.2, 0) is 4.79 Å². The van der Waals surface area contributed by atoms with Gasteiger partial charge in [0.05, 0.1) is 6.21 Å². The van der Waals surface area contributed by atoms with E-state index in [1.165, 1.54) is 0 Å². The first-order chi connectivity index (χ1) is 14.2. The molecule has 3 rings (SSSR count). The third kappa shape index (κ3) is 5.78. The van der Waals surface area contributed by atoms with Crippen molar-refractivity contribution in [3.63, 3.8) is 0 Å². The van der Waals surface area contributed by atoms with Crippen LogP contribution in [0.2, 0.25) is 0 Å². The van der Waals surface area contributed by atoms with Gasteiger partial charge in [-0.2, -0.15) is 5.10 Å². The van der Waals surface area contributed by atoms with Gasteiger partial charge >= 0.3 is 0 Å². The molecule has 0 aliphatic carbocycles. The standard InChI is InChI=1S/C23H26N4O2/c1-2-3-4-5-13-22(28)26-19-10-8-9-17(14-19)23(29)27-25-16-18-15-24-21-12-7-6-11-20(18)21/h6-12,14-16,24H,2-5,13H2,1H3,(H,26,28)(H,27,29)/b25-16-. The van der Waals surface area contributed by atoms with Gasteiger partial charge in [-0.3, -0.25) is 9.59 Å². The van der Waals surface area contributed by atoms with Crippen molar-refractivity contribution in [1.29, 1.82) is 0 Å². The Morgan fingerprint density at radius 2 is 1.93 bits per heavy atom. The summed E-state index contributed by atoms with van der Waals surface area (Å²) in [5.41, 5.74) is 5.49. The van der Waals surface area contributed by atoms with Gasteiger partial charge in [-0.15, -0.1) is 0 Å². The molecule has 0 aliphatic rings. The minimum atomic E-state index is -0.333. The molecule has 1 aromatic heterocycles. The molecule has 2 amide bonds. The fourth-order valence-electron chi connectivity index (χ4n) is 3.10. The highest BCUT2D eigenvalue weighted by atomic mass is 16.2. The molecule has 0 spiro atoms. The van der Waals surface area contributed by atoms with Crippen molar-refractivity contribution < 1.29 is 9.59 Å². The average molecular weight is 390 g/mol. The Morgan fingerprint density at radius 3 is 2.79 bits per heavy atom. The molecule has 3 N–H and O–H groups in total. The monoisotopic (exact) mass is 390 g/mol. The number of nitrogens with one attached hydrogen (secondary N) is 3. The molecular formula is C23H26N4O2. The summed E-state index contributed by atoms with van der Waals surface area (Å²) in [6, 6.07) is 14.7. The first kappa shape index (κ1) is 20.3. The molecular weight excluding hydrogens is 364 g/mol. The van der Waals surface area contributed by atoms with Crippen LogP contribution >= 0.6 is 0 Å². The minimum absolute atomic E-state index is 0.0315. The van der Waals surface area contributed by atoms with E-state index in [9.17, 15) is 9.59 Å². The summed E-state index contributed by atoms with van der Waals surface area (Å²) in [6.45, 7) is 2.14. The van der Waals surface area contributed by atoms with Crippen molar-refractivity contribution in [3.8, 4) is 0 Å². The molecule has 3 aromatic rings. The van der Waals surface area contributed by atoms with Crippen molar-refractivity contribution in [1.82, 2.24) is 10.4 Å². The Hall–Kier alpha value is -3.41. The second-order valence-corrected chi connectivity index (χ2v) is 6.93. The number of benzene rings is 2. The number of amides is 2. The molecule has 150 valence electrons. The molecule has 6 nitrogen and oxygen atoms in total. The van der Waals surface area contributed by atoms with Gasteiger partial charge in [0.25, 0.3) is 5.91 Å². The number of H-pyrrole nitrogens is 1. The molecule has 0 unspecified atom stereocenters. The number of hydrazone groups is 1. The average Bonchev–Trinajstić information content (AvgIpc) is 3.14. The van der Waals surface area contributed by atoms with Gasteiger partial charge in [-0.05, 0) is 30.7 Å². The van der Waals surface area contributed by atoms with Gasteiger partial charge < -0.3 is 10.3 Å². The van der Waals surface area contributed by atoms with E-state index in [-0.39, 0.29) is 11.8 Å². The lowest BCUT2D eigenvalue weighted by atomic mass is 10.1. The summed E-state index contributed by atoms with van der Waals surface area (Å²) in [7, 11) is 0. The predicted octanol–water partition coefficient (Wildman–Crippen LogP) is 4.84. The topological polar surface area (TPSA) is 86.3 Å².